The summed E-state index contributed by atoms with van der Waals surface area (Å²) in [6.45, 7) is 2.21. The van der Waals surface area contributed by atoms with Gasteiger partial charge in [-0.1, -0.05) is 42.5 Å². The summed E-state index contributed by atoms with van der Waals surface area (Å²) in [5.41, 5.74) is 1.56. The van der Waals surface area contributed by atoms with Crippen molar-refractivity contribution < 1.29 is 19.2 Å². The minimum absolute atomic E-state index is 0.0175. The van der Waals surface area contributed by atoms with E-state index in [4.69, 9.17) is 4.74 Å². The lowest BCUT2D eigenvalue weighted by molar-refractivity contribution is -0.384. The Balaban J connectivity index is 2.12. The lowest BCUT2D eigenvalue weighted by atomic mass is 9.88. The van der Waals surface area contributed by atoms with Gasteiger partial charge in [0.15, 0.2) is 0 Å². The molecular formula is C20H22N2O5. The van der Waals surface area contributed by atoms with Gasteiger partial charge in [0.1, 0.15) is 0 Å². The first kappa shape index (κ1) is 20.1. The van der Waals surface area contributed by atoms with Gasteiger partial charge in [0.25, 0.3) is 5.69 Å². The number of hydrogen-bond donors (Lipinski definition) is 1. The molecule has 1 unspecified atom stereocenters. The van der Waals surface area contributed by atoms with E-state index in [1.807, 2.05) is 30.3 Å². The Morgan fingerprint density at radius 2 is 1.81 bits per heavy atom. The number of nitrogens with zero attached hydrogens (tertiary/aromatic N) is 1. The molecule has 0 aliphatic rings. The summed E-state index contributed by atoms with van der Waals surface area (Å²) in [5.74, 6) is -0.926. The number of non-ortho nitro benzene ring substituents is 1. The zero-order valence-corrected chi connectivity index (χ0v) is 15.1. The molecule has 0 bridgehead atoms. The van der Waals surface area contributed by atoms with Gasteiger partial charge in [-0.25, -0.2) is 0 Å². The van der Waals surface area contributed by atoms with E-state index in [9.17, 15) is 19.7 Å². The maximum Gasteiger partial charge on any atom is 0.307 e. The maximum absolute atomic E-state index is 12.4. The van der Waals surface area contributed by atoms with Crippen LogP contribution in [0.2, 0.25) is 0 Å². The number of carbonyl (C=O) groups excluding carboxylic acids is 2. The molecule has 0 aromatic heterocycles. The van der Waals surface area contributed by atoms with Crippen LogP contribution in [-0.2, 0) is 14.3 Å². The Hall–Kier alpha value is -3.22. The Kier molecular flexibility index (Phi) is 7.49. The molecule has 0 aliphatic heterocycles. The molecule has 1 atom stereocenters. The monoisotopic (exact) mass is 370 g/mol. The van der Waals surface area contributed by atoms with Gasteiger partial charge in [0, 0.05) is 31.0 Å². The summed E-state index contributed by atoms with van der Waals surface area (Å²) < 4.78 is 4.82. The van der Waals surface area contributed by atoms with Crippen LogP contribution in [0.1, 0.15) is 36.8 Å². The normalized spacial score (nSPS) is 11.4. The molecule has 0 saturated heterocycles. The van der Waals surface area contributed by atoms with Crippen molar-refractivity contribution >= 4 is 17.6 Å². The van der Waals surface area contributed by atoms with Crippen LogP contribution in [0.15, 0.2) is 54.6 Å². The predicted octanol–water partition coefficient (Wildman–Crippen LogP) is 3.19. The number of ether oxygens (including phenoxy) is 1. The van der Waals surface area contributed by atoms with Crippen LogP contribution >= 0.6 is 0 Å². The molecule has 7 heteroatoms. The molecular weight excluding hydrogens is 348 g/mol. The van der Waals surface area contributed by atoms with Crippen LogP contribution in [0, 0.1) is 10.1 Å². The number of nitrogens with one attached hydrogen (secondary N) is 1. The van der Waals surface area contributed by atoms with E-state index in [0.29, 0.717) is 12.2 Å². The van der Waals surface area contributed by atoms with Crippen molar-refractivity contribution in [2.45, 2.75) is 25.7 Å². The highest BCUT2D eigenvalue weighted by atomic mass is 16.6. The van der Waals surface area contributed by atoms with Crippen LogP contribution in [0.25, 0.3) is 0 Å². The second kappa shape index (κ2) is 10.1. The minimum Gasteiger partial charge on any atom is -0.466 e. The number of esters is 1. The average Bonchev–Trinajstić information content (AvgIpc) is 2.67. The van der Waals surface area contributed by atoms with E-state index in [0.717, 1.165) is 5.56 Å². The van der Waals surface area contributed by atoms with E-state index >= 15 is 0 Å². The zero-order chi connectivity index (χ0) is 19.6. The van der Waals surface area contributed by atoms with E-state index in [-0.39, 0.29) is 42.9 Å². The maximum atomic E-state index is 12.4. The molecule has 0 radical (unpaired) electrons. The van der Waals surface area contributed by atoms with Crippen LogP contribution in [0.4, 0.5) is 5.69 Å². The molecule has 1 amide bonds. The van der Waals surface area contributed by atoms with Gasteiger partial charge < -0.3 is 10.1 Å². The van der Waals surface area contributed by atoms with Gasteiger partial charge in [-0.3, -0.25) is 19.7 Å². The van der Waals surface area contributed by atoms with Gasteiger partial charge in [-0.2, -0.15) is 0 Å². The smallest absolute Gasteiger partial charge is 0.307 e. The number of hydrogen-bond acceptors (Lipinski definition) is 5. The van der Waals surface area contributed by atoms with Crippen molar-refractivity contribution in [3.05, 3.63) is 75.8 Å². The number of rotatable bonds is 9. The molecule has 2 rings (SSSR count). The molecule has 7 nitrogen and oxygen atoms in total. The first-order valence-electron chi connectivity index (χ1n) is 8.73. The fourth-order valence-electron chi connectivity index (χ4n) is 2.76. The number of amides is 1. The lowest BCUT2D eigenvalue weighted by Gasteiger charge is -2.18. The third-order valence-electron chi connectivity index (χ3n) is 4.03. The highest BCUT2D eigenvalue weighted by Crippen LogP contribution is 2.30. The van der Waals surface area contributed by atoms with Crippen molar-refractivity contribution in [3.8, 4) is 0 Å². The summed E-state index contributed by atoms with van der Waals surface area (Å²) >= 11 is 0. The summed E-state index contributed by atoms with van der Waals surface area (Å²) in [6.07, 6.45) is 0.223. The fraction of sp³-hybridized carbons (Fsp3) is 0.300. The summed E-state index contributed by atoms with van der Waals surface area (Å²) in [6, 6.07) is 15.7. The van der Waals surface area contributed by atoms with Crippen molar-refractivity contribution in [1.82, 2.24) is 5.32 Å². The number of benzene rings is 2. The molecule has 27 heavy (non-hydrogen) atoms. The molecule has 2 aromatic carbocycles. The highest BCUT2D eigenvalue weighted by Gasteiger charge is 2.20. The van der Waals surface area contributed by atoms with Gasteiger partial charge in [0.05, 0.1) is 18.0 Å². The van der Waals surface area contributed by atoms with Crippen LogP contribution < -0.4 is 5.32 Å². The third kappa shape index (κ3) is 6.22. The second-order valence-corrected chi connectivity index (χ2v) is 5.92. The Morgan fingerprint density at radius 3 is 2.48 bits per heavy atom. The molecule has 0 heterocycles. The molecule has 0 spiro atoms. The minimum atomic E-state index is -0.453. The fourth-order valence-corrected chi connectivity index (χ4v) is 2.76. The van der Waals surface area contributed by atoms with E-state index in [1.165, 1.54) is 12.1 Å². The molecule has 1 N–H and O–H groups in total. The largest absolute Gasteiger partial charge is 0.466 e. The Morgan fingerprint density at radius 1 is 1.11 bits per heavy atom. The van der Waals surface area contributed by atoms with E-state index in [2.05, 4.69) is 5.32 Å². The SMILES string of the molecule is CCOC(=O)CCNC(=O)CC(c1ccccc1)c1cccc([N+](=O)[O-])c1. The standard InChI is InChI=1S/C20H22N2O5/c1-2-27-20(24)11-12-21-19(23)14-18(15-7-4-3-5-8-15)16-9-6-10-17(13-16)22(25)26/h3-10,13,18H,2,11-12,14H2,1H3,(H,21,23). The van der Waals surface area contributed by atoms with E-state index < -0.39 is 4.92 Å². The third-order valence-corrected chi connectivity index (χ3v) is 4.03. The Bertz CT molecular complexity index is 792. The van der Waals surface area contributed by atoms with Gasteiger partial charge in [0.2, 0.25) is 5.91 Å². The highest BCUT2D eigenvalue weighted by molar-refractivity contribution is 5.78. The molecule has 2 aromatic rings. The van der Waals surface area contributed by atoms with Crippen molar-refractivity contribution in [1.29, 1.82) is 0 Å². The summed E-state index contributed by atoms with van der Waals surface area (Å²) in [5, 5.41) is 13.8. The number of nitro benzene ring substituents is 1. The zero-order valence-electron chi connectivity index (χ0n) is 15.1. The predicted molar refractivity (Wildman–Crippen MR) is 100 cm³/mol. The average molecular weight is 370 g/mol. The lowest BCUT2D eigenvalue weighted by Crippen LogP contribution is -2.28. The van der Waals surface area contributed by atoms with Crippen LogP contribution in [0.5, 0.6) is 0 Å². The second-order valence-electron chi connectivity index (χ2n) is 5.92. The van der Waals surface area contributed by atoms with Crippen LogP contribution in [0.3, 0.4) is 0 Å². The number of carbonyl (C=O) groups is 2. The van der Waals surface area contributed by atoms with Crippen LogP contribution in [-0.4, -0.2) is 30.0 Å². The Labute approximate surface area is 157 Å². The van der Waals surface area contributed by atoms with Gasteiger partial charge in [-0.15, -0.1) is 0 Å². The van der Waals surface area contributed by atoms with E-state index in [1.54, 1.807) is 19.1 Å². The van der Waals surface area contributed by atoms with Gasteiger partial charge >= 0.3 is 5.97 Å². The quantitative estimate of drug-likeness (QED) is 0.415. The number of nitro groups is 1. The summed E-state index contributed by atoms with van der Waals surface area (Å²) in [7, 11) is 0. The van der Waals surface area contributed by atoms with Crippen molar-refractivity contribution in [2.24, 2.45) is 0 Å². The topological polar surface area (TPSA) is 98.5 Å². The molecule has 0 fully saturated rings. The van der Waals surface area contributed by atoms with Gasteiger partial charge in [-0.05, 0) is 18.1 Å². The first-order valence-corrected chi connectivity index (χ1v) is 8.73. The molecule has 142 valence electrons. The van der Waals surface area contributed by atoms with Crippen molar-refractivity contribution in [3.63, 3.8) is 0 Å². The first-order chi connectivity index (χ1) is 13.0. The van der Waals surface area contributed by atoms with Crippen molar-refractivity contribution in [2.75, 3.05) is 13.2 Å². The molecule has 0 saturated carbocycles. The molecule has 0 aliphatic carbocycles. The summed E-state index contributed by atoms with van der Waals surface area (Å²) in [4.78, 5) is 34.3.